The largest absolute Gasteiger partial charge is 0.308 e. The molecule has 0 aliphatic heterocycles. The maximum atomic E-state index is 13.1. The summed E-state index contributed by atoms with van der Waals surface area (Å²) in [5.74, 6) is -0.259. The molecule has 0 saturated carbocycles. The Hall–Kier alpha value is -3.25. The second-order valence-corrected chi connectivity index (χ2v) is 8.46. The highest BCUT2D eigenvalue weighted by Gasteiger charge is 2.24. The van der Waals surface area contributed by atoms with Crippen molar-refractivity contribution in [3.8, 4) is 5.69 Å². The van der Waals surface area contributed by atoms with E-state index in [9.17, 15) is 9.18 Å². The van der Waals surface area contributed by atoms with Crippen LogP contribution < -0.4 is 10.9 Å². The lowest BCUT2D eigenvalue weighted by molar-refractivity contribution is 0.565. The van der Waals surface area contributed by atoms with Gasteiger partial charge in [0.05, 0.1) is 11.4 Å². The average Bonchev–Trinajstić information content (AvgIpc) is 3.09. The van der Waals surface area contributed by atoms with Gasteiger partial charge in [-0.2, -0.15) is 5.10 Å². The third kappa shape index (κ3) is 4.04. The van der Waals surface area contributed by atoms with E-state index in [1.807, 2.05) is 36.4 Å². The zero-order valence-corrected chi connectivity index (χ0v) is 17.4. The molecule has 2 N–H and O–H groups in total. The molecule has 0 atom stereocenters. The highest BCUT2D eigenvalue weighted by atomic mass is 19.1. The summed E-state index contributed by atoms with van der Waals surface area (Å²) in [6.07, 6.45) is 0. The molecule has 4 rings (SSSR count). The number of fused-ring (bicyclic) bond motifs is 1. The number of rotatable bonds is 5. The number of benzene rings is 2. The number of nitrogens with one attached hydrogen (secondary N) is 2. The second-order valence-electron chi connectivity index (χ2n) is 8.46. The van der Waals surface area contributed by atoms with Crippen LogP contribution in [0.3, 0.4) is 0 Å². The molecule has 0 spiro atoms. The van der Waals surface area contributed by atoms with Gasteiger partial charge in [0, 0.05) is 29.5 Å². The molecule has 0 aliphatic rings. The molecule has 6 heteroatoms. The van der Waals surface area contributed by atoms with E-state index in [0.29, 0.717) is 24.3 Å². The summed E-state index contributed by atoms with van der Waals surface area (Å²) in [7, 11) is 0. The molecule has 2 aromatic carbocycles. The number of hydrogen-bond acceptors (Lipinski definition) is 3. The molecule has 0 bridgehead atoms. The van der Waals surface area contributed by atoms with E-state index in [0.717, 1.165) is 22.3 Å². The summed E-state index contributed by atoms with van der Waals surface area (Å²) in [6.45, 7) is 7.29. The Morgan fingerprint density at radius 1 is 1.03 bits per heavy atom. The van der Waals surface area contributed by atoms with Gasteiger partial charge in [-0.05, 0) is 35.9 Å². The van der Waals surface area contributed by atoms with E-state index in [-0.39, 0.29) is 16.8 Å². The van der Waals surface area contributed by atoms with Gasteiger partial charge in [-0.1, -0.05) is 51.1 Å². The summed E-state index contributed by atoms with van der Waals surface area (Å²) in [4.78, 5) is 15.8. The SMILES string of the molecule is CC(C)(C)c1nn(-c2ccccc2)c2[nH]c(=O)c(CNCc3ccc(F)cc3)cc12. The van der Waals surface area contributed by atoms with E-state index in [1.165, 1.54) is 12.1 Å². The van der Waals surface area contributed by atoms with Crippen molar-refractivity contribution in [2.45, 2.75) is 39.3 Å². The second kappa shape index (κ2) is 7.88. The van der Waals surface area contributed by atoms with Crippen molar-refractivity contribution >= 4 is 11.0 Å². The van der Waals surface area contributed by atoms with Crippen molar-refractivity contribution in [1.82, 2.24) is 20.1 Å². The third-order valence-electron chi connectivity index (χ3n) is 5.03. The highest BCUT2D eigenvalue weighted by molar-refractivity contribution is 5.81. The van der Waals surface area contributed by atoms with Gasteiger partial charge < -0.3 is 10.3 Å². The van der Waals surface area contributed by atoms with Gasteiger partial charge in [-0.15, -0.1) is 0 Å². The molecule has 4 aromatic rings. The number of H-pyrrole nitrogens is 1. The molecule has 0 radical (unpaired) electrons. The van der Waals surface area contributed by atoms with Crippen LogP contribution in [0.2, 0.25) is 0 Å². The van der Waals surface area contributed by atoms with Crippen LogP contribution in [0.25, 0.3) is 16.7 Å². The van der Waals surface area contributed by atoms with E-state index in [4.69, 9.17) is 5.10 Å². The van der Waals surface area contributed by atoms with Gasteiger partial charge >= 0.3 is 0 Å². The first kappa shape index (κ1) is 20.0. The number of hydrogen-bond donors (Lipinski definition) is 2. The number of para-hydroxylation sites is 1. The van der Waals surface area contributed by atoms with Gasteiger partial charge in [-0.25, -0.2) is 9.07 Å². The maximum absolute atomic E-state index is 13.1. The number of aromatic amines is 1. The van der Waals surface area contributed by atoms with Crippen LogP contribution in [0.1, 0.15) is 37.6 Å². The van der Waals surface area contributed by atoms with E-state index < -0.39 is 0 Å². The molecule has 2 heterocycles. The predicted octanol–water partition coefficient (Wildman–Crippen LogP) is 4.44. The fourth-order valence-corrected chi connectivity index (χ4v) is 3.50. The normalized spacial score (nSPS) is 11.9. The summed E-state index contributed by atoms with van der Waals surface area (Å²) in [6, 6.07) is 18.1. The number of halogens is 1. The molecular weight excluding hydrogens is 379 g/mol. The molecule has 0 amide bonds. The standard InChI is InChI=1S/C24H25FN4O/c1-24(2,3)21-20-13-17(15-26-14-16-9-11-18(25)12-10-16)23(30)27-22(20)29(28-21)19-7-5-4-6-8-19/h4-13,26H,14-15H2,1-3H3,(H,27,30). The first-order valence-electron chi connectivity index (χ1n) is 9.99. The lowest BCUT2D eigenvalue weighted by atomic mass is 9.90. The molecule has 30 heavy (non-hydrogen) atoms. The van der Waals surface area contributed by atoms with Crippen molar-refractivity contribution in [2.75, 3.05) is 0 Å². The van der Waals surface area contributed by atoms with Crippen LogP contribution in [-0.4, -0.2) is 14.8 Å². The van der Waals surface area contributed by atoms with E-state index in [1.54, 1.807) is 16.8 Å². The molecule has 0 aliphatic carbocycles. The van der Waals surface area contributed by atoms with Crippen LogP contribution in [0.4, 0.5) is 4.39 Å². The minimum absolute atomic E-state index is 0.147. The summed E-state index contributed by atoms with van der Waals surface area (Å²) < 4.78 is 14.9. The highest BCUT2D eigenvalue weighted by Crippen LogP contribution is 2.29. The Labute approximate surface area is 174 Å². The fraction of sp³-hybridized carbons (Fsp3) is 0.250. The Morgan fingerprint density at radius 2 is 1.73 bits per heavy atom. The third-order valence-corrected chi connectivity index (χ3v) is 5.03. The Kier molecular flexibility index (Phi) is 5.26. The molecule has 2 aromatic heterocycles. The quantitative estimate of drug-likeness (QED) is 0.517. The minimum atomic E-state index is -0.259. The number of pyridine rings is 1. The zero-order valence-electron chi connectivity index (χ0n) is 17.4. The van der Waals surface area contributed by atoms with Crippen molar-refractivity contribution in [3.05, 3.63) is 93.7 Å². The van der Waals surface area contributed by atoms with Crippen LogP contribution >= 0.6 is 0 Å². The number of aromatic nitrogens is 3. The van der Waals surface area contributed by atoms with Crippen LogP contribution in [0.5, 0.6) is 0 Å². The Balaban J connectivity index is 1.69. The summed E-state index contributed by atoms with van der Waals surface area (Å²) in [5, 5.41) is 9.04. The predicted molar refractivity (Wildman–Crippen MR) is 117 cm³/mol. The lowest BCUT2D eigenvalue weighted by Crippen LogP contribution is -2.21. The molecular formula is C24H25FN4O. The zero-order chi connectivity index (χ0) is 21.3. The van der Waals surface area contributed by atoms with Crippen molar-refractivity contribution in [3.63, 3.8) is 0 Å². The van der Waals surface area contributed by atoms with Gasteiger partial charge in [0.15, 0.2) is 0 Å². The van der Waals surface area contributed by atoms with Crippen LogP contribution in [-0.2, 0) is 18.5 Å². The van der Waals surface area contributed by atoms with Gasteiger partial charge in [0.2, 0.25) is 0 Å². The van der Waals surface area contributed by atoms with Crippen molar-refractivity contribution in [1.29, 1.82) is 0 Å². The van der Waals surface area contributed by atoms with Crippen molar-refractivity contribution < 1.29 is 4.39 Å². The summed E-state index contributed by atoms with van der Waals surface area (Å²) >= 11 is 0. The molecule has 0 fully saturated rings. The minimum Gasteiger partial charge on any atom is -0.308 e. The summed E-state index contributed by atoms with van der Waals surface area (Å²) in [5.41, 5.74) is 3.79. The fourth-order valence-electron chi connectivity index (χ4n) is 3.50. The molecule has 5 nitrogen and oxygen atoms in total. The van der Waals surface area contributed by atoms with Gasteiger partial charge in [0.25, 0.3) is 5.56 Å². The first-order chi connectivity index (χ1) is 14.3. The van der Waals surface area contributed by atoms with Crippen molar-refractivity contribution in [2.24, 2.45) is 0 Å². The number of nitrogens with zero attached hydrogens (tertiary/aromatic N) is 2. The molecule has 154 valence electrons. The van der Waals surface area contributed by atoms with Crippen LogP contribution in [0, 0.1) is 5.82 Å². The van der Waals surface area contributed by atoms with E-state index >= 15 is 0 Å². The maximum Gasteiger partial charge on any atom is 0.254 e. The Morgan fingerprint density at radius 3 is 2.40 bits per heavy atom. The molecule has 0 saturated heterocycles. The monoisotopic (exact) mass is 404 g/mol. The Bertz CT molecular complexity index is 1220. The van der Waals surface area contributed by atoms with Crippen LogP contribution in [0.15, 0.2) is 65.5 Å². The van der Waals surface area contributed by atoms with E-state index in [2.05, 4.69) is 31.1 Å². The van der Waals surface area contributed by atoms with Gasteiger partial charge in [-0.3, -0.25) is 4.79 Å². The lowest BCUT2D eigenvalue weighted by Gasteiger charge is -2.15. The average molecular weight is 404 g/mol. The topological polar surface area (TPSA) is 62.7 Å². The van der Waals surface area contributed by atoms with Gasteiger partial charge in [0.1, 0.15) is 11.5 Å². The smallest absolute Gasteiger partial charge is 0.254 e. The molecule has 0 unspecified atom stereocenters. The first-order valence-corrected chi connectivity index (χ1v) is 9.99.